The molecule has 17 heavy (non-hydrogen) atoms. The maximum atomic E-state index is 12.2. The molecule has 0 unspecified atom stereocenters. The van der Waals surface area contributed by atoms with E-state index in [1.54, 1.807) is 4.57 Å². The second-order valence-corrected chi connectivity index (χ2v) is 4.41. The van der Waals surface area contributed by atoms with Crippen molar-refractivity contribution in [2.24, 2.45) is 0 Å². The number of alkyl halides is 1. The number of hydrogen-bond donors (Lipinski definition) is 0. The standard InChI is InChI=1S/C13H15ClN2O/c1-10-15-12-7-3-2-6-11(12)13(17)16(10)9-5-4-8-14/h2-3,6-7H,4-5,8-9H2,1H3. The van der Waals surface area contributed by atoms with Gasteiger partial charge in [0.25, 0.3) is 5.56 Å². The van der Waals surface area contributed by atoms with E-state index in [9.17, 15) is 4.79 Å². The van der Waals surface area contributed by atoms with Crippen molar-refractivity contribution in [1.82, 2.24) is 9.55 Å². The molecular weight excluding hydrogens is 236 g/mol. The predicted molar refractivity (Wildman–Crippen MR) is 70.7 cm³/mol. The Morgan fingerprint density at radius 3 is 2.82 bits per heavy atom. The molecule has 0 amide bonds. The number of nitrogens with zero attached hydrogens (tertiary/aromatic N) is 2. The van der Waals surface area contributed by atoms with Gasteiger partial charge in [0.1, 0.15) is 5.82 Å². The molecule has 0 atom stereocenters. The summed E-state index contributed by atoms with van der Waals surface area (Å²) < 4.78 is 1.73. The molecule has 0 fully saturated rings. The maximum absolute atomic E-state index is 12.2. The van der Waals surface area contributed by atoms with Crippen LogP contribution in [0, 0.1) is 6.92 Å². The van der Waals surface area contributed by atoms with Crippen molar-refractivity contribution in [2.45, 2.75) is 26.3 Å². The summed E-state index contributed by atoms with van der Waals surface area (Å²) in [5.74, 6) is 1.40. The van der Waals surface area contributed by atoms with Crippen molar-refractivity contribution < 1.29 is 0 Å². The fourth-order valence-electron chi connectivity index (χ4n) is 1.91. The first-order chi connectivity index (χ1) is 8.24. The van der Waals surface area contributed by atoms with Crippen molar-refractivity contribution in [3.63, 3.8) is 0 Å². The van der Waals surface area contributed by atoms with Gasteiger partial charge in [-0.1, -0.05) is 12.1 Å². The van der Waals surface area contributed by atoms with Gasteiger partial charge in [0.2, 0.25) is 0 Å². The Hall–Kier alpha value is -1.35. The van der Waals surface area contributed by atoms with E-state index < -0.39 is 0 Å². The second kappa shape index (κ2) is 5.32. The predicted octanol–water partition coefficient (Wildman–Crippen LogP) is 2.72. The van der Waals surface area contributed by atoms with Crippen LogP contribution in [0.2, 0.25) is 0 Å². The van der Waals surface area contributed by atoms with Gasteiger partial charge < -0.3 is 0 Å². The van der Waals surface area contributed by atoms with Gasteiger partial charge in [-0.15, -0.1) is 11.6 Å². The normalized spacial score (nSPS) is 10.9. The van der Waals surface area contributed by atoms with Crippen molar-refractivity contribution in [2.75, 3.05) is 5.88 Å². The molecule has 0 radical (unpaired) electrons. The lowest BCUT2D eigenvalue weighted by Gasteiger charge is -2.09. The van der Waals surface area contributed by atoms with Crippen LogP contribution in [0.15, 0.2) is 29.1 Å². The van der Waals surface area contributed by atoms with Crippen molar-refractivity contribution in [3.05, 3.63) is 40.4 Å². The number of aromatic nitrogens is 2. The molecule has 0 spiro atoms. The molecule has 3 nitrogen and oxygen atoms in total. The number of halogens is 1. The van der Waals surface area contributed by atoms with Gasteiger partial charge in [-0.25, -0.2) is 4.98 Å². The van der Waals surface area contributed by atoms with Crippen molar-refractivity contribution >= 4 is 22.5 Å². The lowest BCUT2D eigenvalue weighted by Crippen LogP contribution is -2.24. The van der Waals surface area contributed by atoms with Gasteiger partial charge in [0, 0.05) is 12.4 Å². The molecule has 0 N–H and O–H groups in total. The highest BCUT2D eigenvalue weighted by atomic mass is 35.5. The number of fused-ring (bicyclic) bond motifs is 1. The summed E-state index contributed by atoms with van der Waals surface area (Å²) in [6.07, 6.45) is 1.82. The van der Waals surface area contributed by atoms with E-state index in [-0.39, 0.29) is 5.56 Å². The first-order valence-corrected chi connectivity index (χ1v) is 6.29. The van der Waals surface area contributed by atoms with Crippen molar-refractivity contribution in [3.8, 4) is 0 Å². The van der Waals surface area contributed by atoms with Crippen LogP contribution < -0.4 is 5.56 Å². The van der Waals surface area contributed by atoms with E-state index in [1.807, 2.05) is 31.2 Å². The molecule has 0 bridgehead atoms. The van der Waals surface area contributed by atoms with E-state index in [1.165, 1.54) is 0 Å². The van der Waals surface area contributed by atoms with Crippen LogP contribution in [0.3, 0.4) is 0 Å². The molecular formula is C13H15ClN2O. The Bertz CT molecular complexity index is 577. The number of para-hydroxylation sites is 1. The van der Waals surface area contributed by atoms with Crippen LogP contribution in [-0.2, 0) is 6.54 Å². The third kappa shape index (κ3) is 2.50. The van der Waals surface area contributed by atoms with Crippen LogP contribution in [0.25, 0.3) is 10.9 Å². The van der Waals surface area contributed by atoms with Crippen LogP contribution in [0.5, 0.6) is 0 Å². The SMILES string of the molecule is Cc1nc2ccccc2c(=O)n1CCCCCl. The minimum atomic E-state index is 0.0441. The van der Waals surface area contributed by atoms with Crippen LogP contribution in [0.4, 0.5) is 0 Å². The molecule has 0 saturated heterocycles. The average Bonchev–Trinajstić information content (AvgIpc) is 2.33. The first-order valence-electron chi connectivity index (χ1n) is 5.76. The Labute approximate surface area is 105 Å². The number of rotatable bonds is 4. The summed E-state index contributed by atoms with van der Waals surface area (Å²) in [5.41, 5.74) is 0.811. The highest BCUT2D eigenvalue weighted by Gasteiger charge is 2.06. The highest BCUT2D eigenvalue weighted by Crippen LogP contribution is 2.08. The topological polar surface area (TPSA) is 34.9 Å². The van der Waals surface area contributed by atoms with E-state index in [0.717, 1.165) is 24.2 Å². The first kappa shape index (κ1) is 12.1. The van der Waals surface area contributed by atoms with Gasteiger partial charge in [-0.2, -0.15) is 0 Å². The summed E-state index contributed by atoms with van der Waals surface area (Å²) in [4.78, 5) is 16.7. The molecule has 2 aromatic rings. The minimum absolute atomic E-state index is 0.0441. The van der Waals surface area contributed by atoms with Gasteiger partial charge in [0.15, 0.2) is 0 Å². The van der Waals surface area contributed by atoms with E-state index in [0.29, 0.717) is 17.8 Å². The Balaban J connectivity index is 2.45. The molecule has 0 aliphatic rings. The van der Waals surface area contributed by atoms with E-state index in [2.05, 4.69) is 4.98 Å². The van der Waals surface area contributed by atoms with Crippen molar-refractivity contribution in [1.29, 1.82) is 0 Å². The zero-order chi connectivity index (χ0) is 12.3. The fourth-order valence-corrected chi connectivity index (χ4v) is 2.10. The largest absolute Gasteiger partial charge is 0.296 e. The Morgan fingerprint density at radius 1 is 1.29 bits per heavy atom. The van der Waals surface area contributed by atoms with Crippen LogP contribution >= 0.6 is 11.6 Å². The minimum Gasteiger partial charge on any atom is -0.296 e. The number of unbranched alkanes of at least 4 members (excludes halogenated alkanes) is 1. The zero-order valence-corrected chi connectivity index (χ0v) is 10.6. The summed E-state index contributed by atoms with van der Waals surface area (Å²) in [6.45, 7) is 2.56. The summed E-state index contributed by atoms with van der Waals surface area (Å²) >= 11 is 5.64. The van der Waals surface area contributed by atoms with Gasteiger partial charge in [-0.3, -0.25) is 9.36 Å². The quantitative estimate of drug-likeness (QED) is 0.618. The van der Waals surface area contributed by atoms with Crippen LogP contribution in [-0.4, -0.2) is 15.4 Å². The van der Waals surface area contributed by atoms with Gasteiger partial charge in [-0.05, 0) is 31.9 Å². The number of hydrogen-bond acceptors (Lipinski definition) is 2. The van der Waals surface area contributed by atoms with Gasteiger partial charge in [0.05, 0.1) is 10.9 Å². The lowest BCUT2D eigenvalue weighted by molar-refractivity contribution is 0.593. The summed E-state index contributed by atoms with van der Waals surface area (Å²) in [7, 11) is 0. The van der Waals surface area contributed by atoms with E-state index >= 15 is 0 Å². The summed E-state index contributed by atoms with van der Waals surface area (Å²) in [6, 6.07) is 7.45. The monoisotopic (exact) mass is 250 g/mol. The molecule has 0 saturated carbocycles. The Morgan fingerprint density at radius 2 is 2.06 bits per heavy atom. The fraction of sp³-hybridized carbons (Fsp3) is 0.385. The Kier molecular flexibility index (Phi) is 3.79. The molecule has 0 aliphatic carbocycles. The molecule has 1 aromatic carbocycles. The second-order valence-electron chi connectivity index (χ2n) is 4.03. The summed E-state index contributed by atoms with van der Waals surface area (Å²) in [5, 5.41) is 0.684. The lowest BCUT2D eigenvalue weighted by atomic mass is 10.2. The van der Waals surface area contributed by atoms with Crippen LogP contribution in [0.1, 0.15) is 18.7 Å². The number of aryl methyl sites for hydroxylation is 1. The maximum Gasteiger partial charge on any atom is 0.261 e. The molecule has 1 aromatic heterocycles. The van der Waals surface area contributed by atoms with E-state index in [4.69, 9.17) is 11.6 Å². The highest BCUT2D eigenvalue weighted by molar-refractivity contribution is 6.17. The third-order valence-corrected chi connectivity index (χ3v) is 3.09. The number of benzene rings is 1. The average molecular weight is 251 g/mol. The molecule has 1 heterocycles. The van der Waals surface area contributed by atoms with Gasteiger partial charge >= 0.3 is 0 Å². The smallest absolute Gasteiger partial charge is 0.261 e. The molecule has 90 valence electrons. The molecule has 2 rings (SSSR count). The third-order valence-electron chi connectivity index (χ3n) is 2.82. The zero-order valence-electron chi connectivity index (χ0n) is 9.82. The molecule has 4 heteroatoms. The molecule has 0 aliphatic heterocycles.